The van der Waals surface area contributed by atoms with Crippen molar-refractivity contribution in [2.75, 3.05) is 11.1 Å². The molecule has 1 aromatic heterocycles. The molecule has 0 saturated heterocycles. The summed E-state index contributed by atoms with van der Waals surface area (Å²) in [6.07, 6.45) is 0. The highest BCUT2D eigenvalue weighted by Crippen LogP contribution is 2.19. The quantitative estimate of drug-likeness (QED) is 0.890. The lowest BCUT2D eigenvalue weighted by atomic mass is 10.2. The second kappa shape index (κ2) is 4.76. The van der Waals surface area contributed by atoms with Gasteiger partial charge in [0.05, 0.1) is 0 Å². The largest absolute Gasteiger partial charge is 0.374 e. The summed E-state index contributed by atoms with van der Waals surface area (Å²) in [7, 11) is 0. The van der Waals surface area contributed by atoms with E-state index >= 15 is 0 Å². The van der Waals surface area contributed by atoms with E-state index in [-0.39, 0.29) is 15.8 Å². The minimum atomic E-state index is -0.499. The Hall–Kier alpha value is -1.54. The number of rotatable bonds is 2. The number of aromatic nitrogens is 2. The molecule has 3 N–H and O–H groups in total. The molecule has 2 aromatic rings. The third kappa shape index (κ3) is 2.98. The van der Waals surface area contributed by atoms with E-state index in [2.05, 4.69) is 31.4 Å². The Morgan fingerprint density at radius 3 is 2.76 bits per heavy atom. The van der Waals surface area contributed by atoms with Crippen LogP contribution in [0, 0.1) is 5.82 Å². The monoisotopic (exact) mass is 316 g/mol. The maximum atomic E-state index is 13.1. The van der Waals surface area contributed by atoms with E-state index in [1.807, 2.05) is 0 Å². The molecule has 0 spiro atoms. The molecule has 88 valence electrons. The molecule has 1 heterocycles. The summed E-state index contributed by atoms with van der Waals surface area (Å²) in [6, 6.07) is 3.90. The fourth-order valence-corrected chi connectivity index (χ4v) is 2.11. The minimum Gasteiger partial charge on any atom is -0.374 e. The van der Waals surface area contributed by atoms with Crippen LogP contribution in [0.2, 0.25) is 0 Å². The first-order valence-corrected chi connectivity index (χ1v) is 6.02. The SMILES string of the molecule is Nc1nnc(NC(=O)c2cc(F)cc(Br)c2)s1. The van der Waals surface area contributed by atoms with Gasteiger partial charge in [0.1, 0.15) is 5.82 Å². The highest BCUT2D eigenvalue weighted by atomic mass is 79.9. The second-order valence-corrected chi connectivity index (χ2v) is 4.98. The summed E-state index contributed by atoms with van der Waals surface area (Å²) < 4.78 is 13.6. The van der Waals surface area contributed by atoms with Crippen molar-refractivity contribution in [1.29, 1.82) is 0 Å². The van der Waals surface area contributed by atoms with E-state index in [0.717, 1.165) is 17.4 Å². The number of anilines is 2. The van der Waals surface area contributed by atoms with Crippen LogP contribution >= 0.6 is 27.3 Å². The van der Waals surface area contributed by atoms with Crippen LogP contribution in [0.25, 0.3) is 0 Å². The Bertz CT molecular complexity index is 554. The van der Waals surface area contributed by atoms with E-state index < -0.39 is 11.7 Å². The fourth-order valence-electron chi connectivity index (χ4n) is 1.14. The van der Waals surface area contributed by atoms with Crippen LogP contribution in [0.1, 0.15) is 10.4 Å². The van der Waals surface area contributed by atoms with E-state index in [1.54, 1.807) is 0 Å². The van der Waals surface area contributed by atoms with Crippen LogP contribution < -0.4 is 11.1 Å². The molecule has 1 amide bonds. The van der Waals surface area contributed by atoms with E-state index in [1.165, 1.54) is 12.1 Å². The minimum absolute atomic E-state index is 0.186. The molecule has 0 aliphatic carbocycles. The number of nitrogens with two attached hydrogens (primary N) is 1. The number of halogens is 2. The van der Waals surface area contributed by atoms with Crippen molar-refractivity contribution in [3.63, 3.8) is 0 Å². The van der Waals surface area contributed by atoms with E-state index in [0.29, 0.717) is 4.47 Å². The Labute approximate surface area is 108 Å². The van der Waals surface area contributed by atoms with Gasteiger partial charge in [-0.15, -0.1) is 10.2 Å². The molecule has 5 nitrogen and oxygen atoms in total. The smallest absolute Gasteiger partial charge is 0.257 e. The first-order valence-electron chi connectivity index (χ1n) is 4.41. The van der Waals surface area contributed by atoms with Crippen molar-refractivity contribution in [3.05, 3.63) is 34.1 Å². The lowest BCUT2D eigenvalue weighted by Gasteiger charge is -2.02. The van der Waals surface area contributed by atoms with Gasteiger partial charge in [-0.2, -0.15) is 0 Å². The van der Waals surface area contributed by atoms with Gasteiger partial charge in [-0.3, -0.25) is 10.1 Å². The average molecular weight is 317 g/mol. The molecule has 0 atom stereocenters. The van der Waals surface area contributed by atoms with Crippen LogP contribution in [0.15, 0.2) is 22.7 Å². The van der Waals surface area contributed by atoms with Crippen molar-refractivity contribution in [2.45, 2.75) is 0 Å². The second-order valence-electron chi connectivity index (χ2n) is 3.06. The van der Waals surface area contributed by atoms with Gasteiger partial charge >= 0.3 is 0 Å². The molecule has 1 aromatic carbocycles. The third-order valence-electron chi connectivity index (χ3n) is 1.79. The van der Waals surface area contributed by atoms with Crippen molar-refractivity contribution < 1.29 is 9.18 Å². The van der Waals surface area contributed by atoms with Crippen LogP contribution in [0.4, 0.5) is 14.7 Å². The van der Waals surface area contributed by atoms with Gasteiger partial charge in [-0.05, 0) is 18.2 Å². The summed E-state index contributed by atoms with van der Waals surface area (Å²) in [5, 5.41) is 10.2. The topological polar surface area (TPSA) is 80.9 Å². The van der Waals surface area contributed by atoms with Crippen molar-refractivity contribution in [1.82, 2.24) is 10.2 Å². The molecular weight excluding hydrogens is 311 g/mol. The van der Waals surface area contributed by atoms with Gasteiger partial charge in [-0.25, -0.2) is 4.39 Å². The number of carbonyl (C=O) groups is 1. The van der Waals surface area contributed by atoms with Crippen molar-refractivity contribution >= 4 is 43.4 Å². The van der Waals surface area contributed by atoms with E-state index in [9.17, 15) is 9.18 Å². The number of nitrogens with one attached hydrogen (secondary N) is 1. The average Bonchev–Trinajstić information content (AvgIpc) is 2.62. The Kier molecular flexibility index (Phi) is 3.34. The molecular formula is C9H6BrFN4OS. The summed E-state index contributed by atoms with van der Waals surface area (Å²) in [6.45, 7) is 0. The molecule has 17 heavy (non-hydrogen) atoms. The highest BCUT2D eigenvalue weighted by Gasteiger charge is 2.11. The number of nitrogen functional groups attached to an aromatic ring is 1. The van der Waals surface area contributed by atoms with Gasteiger partial charge in [0.25, 0.3) is 5.91 Å². The first kappa shape index (κ1) is 11.9. The first-order chi connectivity index (χ1) is 8.04. The van der Waals surface area contributed by atoms with E-state index in [4.69, 9.17) is 5.73 Å². The molecule has 0 aliphatic heterocycles. The van der Waals surface area contributed by atoms with Crippen LogP contribution in [-0.2, 0) is 0 Å². The zero-order valence-corrected chi connectivity index (χ0v) is 10.7. The molecule has 0 bridgehead atoms. The summed E-state index contributed by atoms with van der Waals surface area (Å²) in [4.78, 5) is 11.7. The summed E-state index contributed by atoms with van der Waals surface area (Å²) in [5.74, 6) is -0.970. The predicted molar refractivity (Wildman–Crippen MR) is 66.4 cm³/mol. The lowest BCUT2D eigenvalue weighted by molar-refractivity contribution is 0.102. The standard InChI is InChI=1S/C9H6BrFN4OS/c10-5-1-4(2-6(11)3-5)7(16)13-9-15-14-8(12)17-9/h1-3H,(H2,12,14)(H,13,15,16). The fraction of sp³-hybridized carbons (Fsp3) is 0. The molecule has 8 heteroatoms. The zero-order valence-electron chi connectivity index (χ0n) is 8.28. The van der Waals surface area contributed by atoms with Crippen molar-refractivity contribution in [3.8, 4) is 0 Å². The number of nitrogens with zero attached hydrogens (tertiary/aromatic N) is 2. The van der Waals surface area contributed by atoms with Crippen molar-refractivity contribution in [2.24, 2.45) is 0 Å². The van der Waals surface area contributed by atoms with Gasteiger partial charge in [-0.1, -0.05) is 27.3 Å². The molecule has 0 unspecified atom stereocenters. The highest BCUT2D eigenvalue weighted by molar-refractivity contribution is 9.10. The van der Waals surface area contributed by atoms with Gasteiger partial charge in [0, 0.05) is 10.0 Å². The maximum absolute atomic E-state index is 13.1. The number of benzene rings is 1. The number of amides is 1. The number of hydrogen-bond acceptors (Lipinski definition) is 5. The normalized spacial score (nSPS) is 10.2. The molecule has 0 radical (unpaired) electrons. The van der Waals surface area contributed by atoms with Crippen LogP contribution in [0.5, 0.6) is 0 Å². The van der Waals surface area contributed by atoms with Gasteiger partial charge in [0.2, 0.25) is 10.3 Å². The summed E-state index contributed by atoms with van der Waals surface area (Å²) in [5.41, 5.74) is 5.55. The third-order valence-corrected chi connectivity index (χ3v) is 2.91. The van der Waals surface area contributed by atoms with Gasteiger partial charge < -0.3 is 5.73 Å². The number of carbonyl (C=O) groups excluding carboxylic acids is 1. The Balaban J connectivity index is 2.19. The Morgan fingerprint density at radius 1 is 1.41 bits per heavy atom. The Morgan fingerprint density at radius 2 is 2.18 bits per heavy atom. The van der Waals surface area contributed by atoms with Gasteiger partial charge in [0.15, 0.2) is 0 Å². The number of hydrogen-bond donors (Lipinski definition) is 2. The molecule has 2 rings (SSSR count). The lowest BCUT2D eigenvalue weighted by Crippen LogP contribution is -2.12. The summed E-state index contributed by atoms with van der Waals surface area (Å²) >= 11 is 4.14. The zero-order chi connectivity index (χ0) is 12.4. The van der Waals surface area contributed by atoms with Crippen LogP contribution in [-0.4, -0.2) is 16.1 Å². The maximum Gasteiger partial charge on any atom is 0.257 e. The van der Waals surface area contributed by atoms with Crippen LogP contribution in [0.3, 0.4) is 0 Å². The predicted octanol–water partition coefficient (Wildman–Crippen LogP) is 2.27. The molecule has 0 saturated carbocycles. The molecule has 0 fully saturated rings. The molecule has 0 aliphatic rings.